The molecule has 7 nitrogen and oxygen atoms in total. The molecule has 0 saturated heterocycles. The summed E-state index contributed by atoms with van der Waals surface area (Å²) in [5, 5.41) is 2.97. The minimum atomic E-state index is -4.29. The van der Waals surface area contributed by atoms with Crippen molar-refractivity contribution in [3.05, 3.63) is 184 Å². The zero-order valence-corrected chi connectivity index (χ0v) is 38.1. The first kappa shape index (κ1) is 42.7. The highest BCUT2D eigenvalue weighted by Gasteiger charge is 2.30. The Bertz CT molecular complexity index is 2980. The Morgan fingerprint density at radius 2 is 1.38 bits per heavy atom. The van der Waals surface area contributed by atoms with Gasteiger partial charge in [0.25, 0.3) is 15.1 Å². The molecule has 7 aromatic rings. The maximum absolute atomic E-state index is 11.6. The van der Waals surface area contributed by atoms with E-state index in [1.54, 1.807) is 35.2 Å². The van der Waals surface area contributed by atoms with E-state index in [2.05, 4.69) is 126 Å². The van der Waals surface area contributed by atoms with Gasteiger partial charge in [-0.1, -0.05) is 127 Å². The summed E-state index contributed by atoms with van der Waals surface area (Å²) in [7, 11) is -4.29. The maximum atomic E-state index is 11.6. The van der Waals surface area contributed by atoms with Crippen LogP contribution in [0.15, 0.2) is 184 Å². The predicted octanol–water partition coefficient (Wildman–Crippen LogP) is 13.2. The number of allylic oxidation sites excluding steroid dienone is 4. The number of hydrogen-bond donors (Lipinski definition) is 1. The van der Waals surface area contributed by atoms with Crippen LogP contribution in [0.4, 0.5) is 5.69 Å². The van der Waals surface area contributed by atoms with E-state index >= 15 is 0 Å². The van der Waals surface area contributed by atoms with E-state index in [9.17, 15) is 13.0 Å². The summed E-state index contributed by atoms with van der Waals surface area (Å²) in [5.41, 5.74) is 9.49. The van der Waals surface area contributed by atoms with Crippen molar-refractivity contribution >= 4 is 66.8 Å². The van der Waals surface area contributed by atoms with Crippen molar-refractivity contribution in [2.45, 2.75) is 43.0 Å². The van der Waals surface area contributed by atoms with E-state index in [0.717, 1.165) is 40.4 Å². The van der Waals surface area contributed by atoms with Crippen LogP contribution in [0.25, 0.3) is 38.5 Å². The molecule has 0 fully saturated rings. The van der Waals surface area contributed by atoms with Crippen molar-refractivity contribution < 1.29 is 27.0 Å². The number of aromatic nitrogens is 1. The fourth-order valence-corrected chi connectivity index (χ4v) is 11.2. The van der Waals surface area contributed by atoms with Gasteiger partial charge in [0, 0.05) is 22.1 Å². The van der Waals surface area contributed by atoms with Crippen LogP contribution in [-0.4, -0.2) is 32.7 Å². The standard InChI is InChI=1S/C52H45ClN2O5S3/c1-52(2)34-36(30-50-54(25-27-59-43-17-15-42(53)16-18-43)46-32-40(13-23-48(46)61-50)38-9-5-3-6-10-38)29-37(35-52)31-51-55(26-28-60-44-19-21-45(22-20-44)63(56,57)58)47-33-41(14-24-49(47)62-51)39-11-7-4-8-12-39/h3-24,29-33H,25-28,34-35H2,1-2H3/p+1. The molecule has 0 radical (unpaired) electrons. The summed E-state index contributed by atoms with van der Waals surface area (Å²) in [5.74, 6) is 1.31. The molecule has 9 rings (SSSR count). The van der Waals surface area contributed by atoms with Crippen molar-refractivity contribution in [3.63, 3.8) is 0 Å². The highest BCUT2D eigenvalue weighted by Crippen LogP contribution is 2.49. The van der Waals surface area contributed by atoms with Gasteiger partial charge in [-0.25, -0.2) is 0 Å². The molecule has 0 bridgehead atoms. The number of rotatable bonds is 13. The lowest BCUT2D eigenvalue weighted by Gasteiger charge is -2.31. The molecule has 0 atom stereocenters. The predicted molar refractivity (Wildman–Crippen MR) is 258 cm³/mol. The third-order valence-corrected chi connectivity index (χ3v) is 14.5. The Balaban J connectivity index is 1.05. The number of anilines is 1. The van der Waals surface area contributed by atoms with Crippen LogP contribution in [0.5, 0.6) is 11.5 Å². The summed E-state index contributed by atoms with van der Waals surface area (Å²) in [6.07, 6.45) is 8.94. The fraction of sp³-hybridized carbons (Fsp3) is 0.173. The molecule has 6 aromatic carbocycles. The highest BCUT2D eigenvalue weighted by atomic mass is 35.5. The molecule has 1 aliphatic carbocycles. The molecule has 1 aromatic heterocycles. The number of fused-ring (bicyclic) bond motifs is 2. The molecule has 318 valence electrons. The minimum Gasteiger partial charge on any atom is -0.492 e. The van der Waals surface area contributed by atoms with Crippen LogP contribution in [0.1, 0.15) is 31.7 Å². The molecule has 0 unspecified atom stereocenters. The number of thiazole rings is 1. The van der Waals surface area contributed by atoms with Gasteiger partial charge in [0.15, 0.2) is 6.54 Å². The molecule has 0 saturated carbocycles. The minimum absolute atomic E-state index is 0.0193. The largest absolute Gasteiger partial charge is 0.492 e. The van der Waals surface area contributed by atoms with Crippen LogP contribution in [0, 0.1) is 5.41 Å². The Morgan fingerprint density at radius 3 is 2.06 bits per heavy atom. The van der Waals surface area contributed by atoms with E-state index in [4.69, 9.17) is 21.1 Å². The van der Waals surface area contributed by atoms with E-state index in [0.29, 0.717) is 37.1 Å². The molecular weight excluding hydrogens is 864 g/mol. The van der Waals surface area contributed by atoms with E-state index in [-0.39, 0.29) is 10.3 Å². The molecule has 1 aliphatic heterocycles. The highest BCUT2D eigenvalue weighted by molar-refractivity contribution is 8.03. The van der Waals surface area contributed by atoms with Crippen LogP contribution < -0.4 is 18.9 Å². The van der Waals surface area contributed by atoms with E-state index in [1.165, 1.54) is 54.5 Å². The van der Waals surface area contributed by atoms with Gasteiger partial charge < -0.3 is 14.4 Å². The lowest BCUT2D eigenvalue weighted by atomic mass is 9.75. The molecular formula is C52H46ClN2O5S3+. The Labute approximate surface area is 382 Å². The smallest absolute Gasteiger partial charge is 0.294 e. The second-order valence-corrected chi connectivity index (χ2v) is 20.5. The third kappa shape index (κ3) is 10.1. The number of thioether (sulfide) groups is 1. The molecule has 11 heteroatoms. The topological polar surface area (TPSA) is 80.0 Å². The normalized spacial score (nSPS) is 16.1. The summed E-state index contributed by atoms with van der Waals surface area (Å²) in [6, 6.07) is 47.7. The first-order chi connectivity index (χ1) is 30.4. The van der Waals surface area contributed by atoms with Gasteiger partial charge in [-0.3, -0.25) is 4.55 Å². The van der Waals surface area contributed by atoms with Crippen molar-refractivity contribution in [2.24, 2.45) is 5.41 Å². The number of nitrogens with zero attached hydrogens (tertiary/aromatic N) is 2. The Hall–Kier alpha value is -5.62. The maximum Gasteiger partial charge on any atom is 0.294 e. The number of benzene rings is 6. The van der Waals surface area contributed by atoms with Gasteiger partial charge in [-0.15, -0.1) is 0 Å². The van der Waals surface area contributed by atoms with Gasteiger partial charge in [-0.2, -0.15) is 13.0 Å². The van der Waals surface area contributed by atoms with Crippen LogP contribution in [-0.2, 0) is 16.7 Å². The molecule has 1 N–H and O–H groups in total. The second kappa shape index (κ2) is 18.2. The molecule has 0 amide bonds. The van der Waals surface area contributed by atoms with Gasteiger partial charge in [0.1, 0.15) is 29.4 Å². The summed E-state index contributed by atoms with van der Waals surface area (Å²) in [4.78, 5) is 3.33. The molecule has 2 aliphatic rings. The zero-order chi connectivity index (χ0) is 43.6. The third-order valence-electron chi connectivity index (χ3n) is 11.1. The molecule has 0 spiro atoms. The van der Waals surface area contributed by atoms with Crippen LogP contribution in [0.2, 0.25) is 5.02 Å². The van der Waals surface area contributed by atoms with Gasteiger partial charge in [0.05, 0.1) is 22.2 Å². The molecule has 63 heavy (non-hydrogen) atoms. The first-order valence-electron chi connectivity index (χ1n) is 20.8. The van der Waals surface area contributed by atoms with Crippen molar-refractivity contribution in [1.82, 2.24) is 0 Å². The Morgan fingerprint density at radius 1 is 0.746 bits per heavy atom. The lowest BCUT2D eigenvalue weighted by Crippen LogP contribution is -2.38. The average molecular weight is 911 g/mol. The van der Waals surface area contributed by atoms with Gasteiger partial charge in [0.2, 0.25) is 5.52 Å². The first-order valence-corrected chi connectivity index (χ1v) is 24.3. The monoisotopic (exact) mass is 909 g/mol. The van der Waals surface area contributed by atoms with Crippen molar-refractivity contribution in [2.75, 3.05) is 24.7 Å². The quantitative estimate of drug-likeness (QED) is 0.0912. The van der Waals surface area contributed by atoms with Crippen LogP contribution >= 0.6 is 34.7 Å². The summed E-state index contributed by atoms with van der Waals surface area (Å²) >= 11 is 9.73. The average Bonchev–Trinajstić information content (AvgIpc) is 3.79. The van der Waals surface area contributed by atoms with Crippen LogP contribution in [0.3, 0.4) is 0 Å². The second-order valence-electron chi connectivity index (χ2n) is 16.5. The Kier molecular flexibility index (Phi) is 12.4. The van der Waals surface area contributed by atoms with Gasteiger partial charge >= 0.3 is 0 Å². The van der Waals surface area contributed by atoms with E-state index in [1.807, 2.05) is 36.4 Å². The number of halogens is 1. The summed E-state index contributed by atoms with van der Waals surface area (Å²) < 4.78 is 48.7. The zero-order valence-electron chi connectivity index (χ0n) is 34.9. The summed E-state index contributed by atoms with van der Waals surface area (Å²) in [6.45, 7) is 6.78. The SMILES string of the molecule is CC1(C)CC(C=C2Sc3ccc(-c4ccccc4)cc3N2CCOc2ccc(S(=O)(=O)O)cc2)=CC(=Cc2sc3ccc(-c4ccccc4)cc3[n+]2CCOc2ccc(Cl)cc2)C1. The number of hydrogen-bond acceptors (Lipinski definition) is 7. The van der Waals surface area contributed by atoms with Crippen molar-refractivity contribution in [1.29, 1.82) is 0 Å². The van der Waals surface area contributed by atoms with E-state index < -0.39 is 10.1 Å². The van der Waals surface area contributed by atoms with Crippen molar-refractivity contribution in [3.8, 4) is 33.8 Å². The molecule has 2 heterocycles. The van der Waals surface area contributed by atoms with Gasteiger partial charge in [-0.05, 0) is 124 Å². The lowest BCUT2D eigenvalue weighted by molar-refractivity contribution is -0.669. The number of ether oxygens (including phenoxy) is 2. The fourth-order valence-electron chi connectivity index (χ4n) is 8.26.